The molecule has 1 amide bonds. The first-order valence-electron chi connectivity index (χ1n) is 6.22. The Morgan fingerprint density at radius 2 is 2.25 bits per heavy atom. The van der Waals surface area contributed by atoms with E-state index in [0.29, 0.717) is 25.7 Å². The zero-order valence-corrected chi connectivity index (χ0v) is 10.1. The number of amides is 1. The number of rotatable bonds is 7. The van der Waals surface area contributed by atoms with Crippen molar-refractivity contribution >= 4 is 5.91 Å². The lowest BCUT2D eigenvalue weighted by molar-refractivity contribution is -0.125. The number of hydrogen-bond donors (Lipinski definition) is 2. The molecule has 0 spiro atoms. The lowest BCUT2D eigenvalue weighted by atomic mass is 9.97. The van der Waals surface area contributed by atoms with Gasteiger partial charge in [-0.3, -0.25) is 4.79 Å². The Kier molecular flexibility index (Phi) is 6.42. The van der Waals surface area contributed by atoms with Gasteiger partial charge in [-0.15, -0.1) is 0 Å². The molecule has 0 heterocycles. The molecular weight excluding hydrogens is 206 g/mol. The molecule has 1 rings (SSSR count). The fourth-order valence-electron chi connectivity index (χ4n) is 2.22. The Hall–Kier alpha value is -0.610. The van der Waals surface area contributed by atoms with Crippen LogP contribution in [0.2, 0.25) is 0 Å². The quantitative estimate of drug-likeness (QED) is 0.639. The van der Waals surface area contributed by atoms with Crippen molar-refractivity contribution in [3.05, 3.63) is 0 Å². The van der Waals surface area contributed by atoms with Gasteiger partial charge >= 0.3 is 0 Å². The van der Waals surface area contributed by atoms with E-state index in [1.165, 1.54) is 12.8 Å². The fraction of sp³-hybridized carbons (Fsp3) is 0.917. The Morgan fingerprint density at radius 1 is 1.44 bits per heavy atom. The molecule has 0 aromatic heterocycles. The predicted molar refractivity (Wildman–Crippen MR) is 62.0 cm³/mol. The number of carbonyl (C=O) groups excluding carboxylic acids is 1. The molecule has 1 aliphatic rings. The van der Waals surface area contributed by atoms with Gasteiger partial charge in [0, 0.05) is 19.1 Å². The minimum absolute atomic E-state index is 0.0615. The first kappa shape index (κ1) is 13.5. The summed E-state index contributed by atoms with van der Waals surface area (Å²) in [6, 6.07) is 0. The maximum Gasteiger partial charge on any atom is 0.223 e. The van der Waals surface area contributed by atoms with Crippen molar-refractivity contribution in [1.82, 2.24) is 5.32 Å². The minimum Gasteiger partial charge on any atom is -0.394 e. The Bertz CT molecular complexity index is 208. The van der Waals surface area contributed by atoms with Gasteiger partial charge < -0.3 is 15.2 Å². The summed E-state index contributed by atoms with van der Waals surface area (Å²) in [6.45, 7) is 3.87. The van der Waals surface area contributed by atoms with Crippen LogP contribution in [0.1, 0.15) is 32.6 Å². The van der Waals surface area contributed by atoms with Crippen LogP contribution in [-0.4, -0.2) is 37.4 Å². The molecule has 0 aliphatic heterocycles. The second kappa shape index (κ2) is 7.63. The van der Waals surface area contributed by atoms with Crippen molar-refractivity contribution in [3.8, 4) is 0 Å². The molecule has 2 atom stereocenters. The molecule has 2 unspecified atom stereocenters. The summed E-state index contributed by atoms with van der Waals surface area (Å²) in [7, 11) is 0. The van der Waals surface area contributed by atoms with Gasteiger partial charge in [0.05, 0.1) is 13.2 Å². The lowest BCUT2D eigenvalue weighted by Crippen LogP contribution is -2.33. The number of carbonyl (C=O) groups is 1. The van der Waals surface area contributed by atoms with Crippen LogP contribution >= 0.6 is 0 Å². The average Bonchev–Trinajstić information content (AvgIpc) is 2.69. The normalized spacial score (nSPS) is 24.6. The second-order valence-corrected chi connectivity index (χ2v) is 4.50. The maximum atomic E-state index is 11.8. The first-order chi connectivity index (χ1) is 7.75. The van der Waals surface area contributed by atoms with Crippen LogP contribution in [-0.2, 0) is 9.53 Å². The highest BCUT2D eigenvalue weighted by Crippen LogP contribution is 2.30. The third kappa shape index (κ3) is 4.49. The summed E-state index contributed by atoms with van der Waals surface area (Å²) in [6.07, 6.45) is 4.21. The number of aliphatic hydroxyl groups is 1. The fourth-order valence-corrected chi connectivity index (χ4v) is 2.22. The number of nitrogens with one attached hydrogen (secondary N) is 1. The Balaban J connectivity index is 2.02. The smallest absolute Gasteiger partial charge is 0.223 e. The topological polar surface area (TPSA) is 58.6 Å². The monoisotopic (exact) mass is 229 g/mol. The van der Waals surface area contributed by atoms with E-state index in [4.69, 9.17) is 9.84 Å². The zero-order chi connectivity index (χ0) is 11.8. The summed E-state index contributed by atoms with van der Waals surface area (Å²) in [5.74, 6) is 0.955. The van der Waals surface area contributed by atoms with E-state index in [9.17, 15) is 4.79 Å². The Labute approximate surface area is 97.4 Å². The van der Waals surface area contributed by atoms with Crippen LogP contribution in [0.4, 0.5) is 0 Å². The standard InChI is InChI=1S/C12H23NO3/c1-10-4-2-5-11(10)12(15)13-6-3-8-16-9-7-14/h10-11,14H,2-9H2,1H3,(H,13,15). The number of hydrogen-bond acceptors (Lipinski definition) is 3. The van der Waals surface area contributed by atoms with Gasteiger partial charge in [0.15, 0.2) is 0 Å². The van der Waals surface area contributed by atoms with Crippen molar-refractivity contribution in [2.45, 2.75) is 32.6 Å². The molecule has 94 valence electrons. The molecular formula is C12H23NO3. The molecule has 0 radical (unpaired) electrons. The first-order valence-corrected chi connectivity index (χ1v) is 6.22. The predicted octanol–water partition coefficient (Wildman–Crippen LogP) is 0.938. The molecule has 1 saturated carbocycles. The second-order valence-electron chi connectivity index (χ2n) is 4.50. The lowest BCUT2D eigenvalue weighted by Gasteiger charge is -2.14. The molecule has 0 saturated heterocycles. The molecule has 0 aromatic rings. The van der Waals surface area contributed by atoms with E-state index in [2.05, 4.69) is 12.2 Å². The molecule has 0 aromatic carbocycles. The summed E-state index contributed by atoms with van der Waals surface area (Å²) in [4.78, 5) is 11.8. The highest BCUT2D eigenvalue weighted by atomic mass is 16.5. The van der Waals surface area contributed by atoms with Gasteiger partial charge in [0.2, 0.25) is 5.91 Å². The van der Waals surface area contributed by atoms with Gasteiger partial charge in [-0.05, 0) is 25.2 Å². The molecule has 1 aliphatic carbocycles. The summed E-state index contributed by atoms with van der Waals surface area (Å²) in [5, 5.41) is 11.4. The third-order valence-electron chi connectivity index (χ3n) is 3.20. The third-order valence-corrected chi connectivity index (χ3v) is 3.20. The zero-order valence-electron chi connectivity index (χ0n) is 10.1. The molecule has 4 heteroatoms. The van der Waals surface area contributed by atoms with Crippen LogP contribution in [0, 0.1) is 11.8 Å². The largest absolute Gasteiger partial charge is 0.394 e. The summed E-state index contributed by atoms with van der Waals surface area (Å²) < 4.78 is 5.11. The SMILES string of the molecule is CC1CCCC1C(=O)NCCCOCCO. The van der Waals surface area contributed by atoms with Crippen LogP contribution in [0.5, 0.6) is 0 Å². The molecule has 0 bridgehead atoms. The molecule has 2 N–H and O–H groups in total. The molecule has 4 nitrogen and oxygen atoms in total. The van der Waals surface area contributed by atoms with Crippen molar-refractivity contribution in [1.29, 1.82) is 0 Å². The number of ether oxygens (including phenoxy) is 1. The van der Waals surface area contributed by atoms with Crippen molar-refractivity contribution < 1.29 is 14.6 Å². The van der Waals surface area contributed by atoms with Crippen LogP contribution in [0.3, 0.4) is 0 Å². The van der Waals surface area contributed by atoms with Crippen LogP contribution < -0.4 is 5.32 Å². The van der Waals surface area contributed by atoms with Crippen molar-refractivity contribution in [2.24, 2.45) is 11.8 Å². The highest BCUT2D eigenvalue weighted by Gasteiger charge is 2.29. The van der Waals surface area contributed by atoms with Crippen molar-refractivity contribution in [3.63, 3.8) is 0 Å². The van der Waals surface area contributed by atoms with E-state index in [0.717, 1.165) is 12.8 Å². The Morgan fingerprint density at radius 3 is 2.88 bits per heavy atom. The van der Waals surface area contributed by atoms with Crippen LogP contribution in [0.25, 0.3) is 0 Å². The van der Waals surface area contributed by atoms with E-state index >= 15 is 0 Å². The molecule has 16 heavy (non-hydrogen) atoms. The average molecular weight is 229 g/mol. The van der Waals surface area contributed by atoms with Gasteiger partial charge in [0.1, 0.15) is 0 Å². The van der Waals surface area contributed by atoms with E-state index in [1.54, 1.807) is 0 Å². The van der Waals surface area contributed by atoms with Gasteiger partial charge in [0.25, 0.3) is 0 Å². The maximum absolute atomic E-state index is 11.8. The summed E-state index contributed by atoms with van der Waals surface area (Å²) in [5.41, 5.74) is 0. The number of aliphatic hydroxyl groups excluding tert-OH is 1. The minimum atomic E-state index is 0.0615. The van der Waals surface area contributed by atoms with Crippen molar-refractivity contribution in [2.75, 3.05) is 26.4 Å². The highest BCUT2D eigenvalue weighted by molar-refractivity contribution is 5.79. The van der Waals surface area contributed by atoms with E-state index in [-0.39, 0.29) is 18.4 Å². The van der Waals surface area contributed by atoms with Gasteiger partial charge in [-0.25, -0.2) is 0 Å². The van der Waals surface area contributed by atoms with Gasteiger partial charge in [-0.1, -0.05) is 13.3 Å². The van der Waals surface area contributed by atoms with Gasteiger partial charge in [-0.2, -0.15) is 0 Å². The van der Waals surface area contributed by atoms with Crippen LogP contribution in [0.15, 0.2) is 0 Å². The molecule has 1 fully saturated rings. The summed E-state index contributed by atoms with van der Waals surface area (Å²) >= 11 is 0. The van der Waals surface area contributed by atoms with E-state index in [1.807, 2.05) is 0 Å². The van der Waals surface area contributed by atoms with E-state index < -0.39 is 0 Å².